The van der Waals surface area contributed by atoms with Crippen molar-refractivity contribution in [3.05, 3.63) is 66.0 Å². The summed E-state index contributed by atoms with van der Waals surface area (Å²) in [4.78, 5) is 21.2. The maximum Gasteiger partial charge on any atom is 0.255 e. The van der Waals surface area contributed by atoms with Gasteiger partial charge in [-0.3, -0.25) is 14.7 Å². The molecule has 1 aromatic heterocycles. The number of carbonyl (C=O) groups is 1. The van der Waals surface area contributed by atoms with Crippen LogP contribution in [0.25, 0.3) is 0 Å². The van der Waals surface area contributed by atoms with E-state index in [1.54, 1.807) is 12.4 Å². The number of rotatable bonds is 3. The van der Waals surface area contributed by atoms with Gasteiger partial charge in [0.1, 0.15) is 0 Å². The smallest absolute Gasteiger partial charge is 0.255 e. The zero-order chi connectivity index (χ0) is 17.8. The van der Waals surface area contributed by atoms with E-state index in [4.69, 9.17) is 0 Å². The lowest BCUT2D eigenvalue weighted by molar-refractivity contribution is 0.0514. The summed E-state index contributed by atoms with van der Waals surface area (Å²) < 4.78 is 0. The first-order valence-corrected chi connectivity index (χ1v) is 9.79. The van der Waals surface area contributed by atoms with Gasteiger partial charge in [0.05, 0.1) is 5.56 Å². The number of carbonyl (C=O) groups excluding carboxylic acids is 1. The molecule has 0 bridgehead atoms. The minimum Gasteiger partial charge on any atom is -0.336 e. The predicted octanol–water partition coefficient (Wildman–Crippen LogP) is 3.57. The minimum absolute atomic E-state index is 0.116. The first-order valence-electron chi connectivity index (χ1n) is 9.79. The molecule has 1 aliphatic heterocycles. The van der Waals surface area contributed by atoms with Gasteiger partial charge in [-0.1, -0.05) is 30.3 Å². The number of nitrogens with zero attached hydrogens (tertiary/aromatic N) is 3. The molecule has 2 heterocycles. The molecule has 4 nitrogen and oxygen atoms in total. The standard InChI is InChI=1S/C22H27N3O/c26-22(20-7-4-12-23-17-20)25-15-13-24(14-16-25)21-10-8-19(9-11-21)18-5-2-1-3-6-18/h1-7,12,17,19,21H,8-11,13-16H2. The van der Waals surface area contributed by atoms with Gasteiger partial charge >= 0.3 is 0 Å². The van der Waals surface area contributed by atoms with Gasteiger partial charge in [0.2, 0.25) is 0 Å². The number of amides is 1. The Bertz CT molecular complexity index is 703. The van der Waals surface area contributed by atoms with Crippen molar-refractivity contribution in [1.29, 1.82) is 0 Å². The molecule has 26 heavy (non-hydrogen) atoms. The van der Waals surface area contributed by atoms with Crippen molar-refractivity contribution in [3.63, 3.8) is 0 Å². The molecule has 0 unspecified atom stereocenters. The quantitative estimate of drug-likeness (QED) is 0.850. The van der Waals surface area contributed by atoms with E-state index in [-0.39, 0.29) is 5.91 Å². The molecule has 0 N–H and O–H groups in total. The fraction of sp³-hybridized carbons (Fsp3) is 0.455. The fourth-order valence-electron chi connectivity index (χ4n) is 4.46. The van der Waals surface area contributed by atoms with Crippen molar-refractivity contribution in [2.45, 2.75) is 37.6 Å². The topological polar surface area (TPSA) is 36.4 Å². The number of aromatic nitrogens is 1. The van der Waals surface area contributed by atoms with Gasteiger partial charge in [-0.15, -0.1) is 0 Å². The lowest BCUT2D eigenvalue weighted by Crippen LogP contribution is -2.52. The van der Waals surface area contributed by atoms with Crippen LogP contribution in [0.15, 0.2) is 54.9 Å². The first kappa shape index (κ1) is 17.2. The molecule has 1 aromatic carbocycles. The zero-order valence-corrected chi connectivity index (χ0v) is 15.3. The van der Waals surface area contributed by atoms with Crippen LogP contribution in [0.1, 0.15) is 47.5 Å². The molecule has 2 fully saturated rings. The molecule has 2 aromatic rings. The third-order valence-electron chi connectivity index (χ3n) is 5.99. The van der Waals surface area contributed by atoms with Gasteiger partial charge < -0.3 is 4.90 Å². The molecule has 1 amide bonds. The molecule has 4 rings (SSSR count). The van der Waals surface area contributed by atoms with Crippen molar-refractivity contribution >= 4 is 5.91 Å². The van der Waals surface area contributed by atoms with Gasteiger partial charge in [0.15, 0.2) is 0 Å². The van der Waals surface area contributed by atoms with Crippen LogP contribution in [-0.2, 0) is 0 Å². The average molecular weight is 349 g/mol. The summed E-state index contributed by atoms with van der Waals surface area (Å²) >= 11 is 0. The van der Waals surface area contributed by atoms with Crippen LogP contribution in [0, 0.1) is 0 Å². The van der Waals surface area contributed by atoms with E-state index >= 15 is 0 Å². The van der Waals surface area contributed by atoms with Gasteiger partial charge in [-0.25, -0.2) is 0 Å². The van der Waals surface area contributed by atoms with E-state index in [1.807, 2.05) is 17.0 Å². The summed E-state index contributed by atoms with van der Waals surface area (Å²) in [5.74, 6) is 0.839. The van der Waals surface area contributed by atoms with Crippen LogP contribution >= 0.6 is 0 Å². The summed E-state index contributed by atoms with van der Waals surface area (Å²) in [7, 11) is 0. The highest BCUT2D eigenvalue weighted by Crippen LogP contribution is 2.34. The number of hydrogen-bond donors (Lipinski definition) is 0. The Kier molecular flexibility index (Phi) is 5.30. The van der Waals surface area contributed by atoms with E-state index in [0.29, 0.717) is 11.6 Å². The van der Waals surface area contributed by atoms with Crippen molar-refractivity contribution in [2.75, 3.05) is 26.2 Å². The highest BCUT2D eigenvalue weighted by molar-refractivity contribution is 5.93. The van der Waals surface area contributed by atoms with Gasteiger partial charge in [0.25, 0.3) is 5.91 Å². The van der Waals surface area contributed by atoms with Gasteiger partial charge in [0, 0.05) is 44.6 Å². The second-order valence-corrected chi connectivity index (χ2v) is 7.49. The fourth-order valence-corrected chi connectivity index (χ4v) is 4.46. The zero-order valence-electron chi connectivity index (χ0n) is 15.3. The van der Waals surface area contributed by atoms with Crippen LogP contribution in [0.3, 0.4) is 0 Å². The monoisotopic (exact) mass is 349 g/mol. The third kappa shape index (κ3) is 3.80. The number of hydrogen-bond acceptors (Lipinski definition) is 3. The van der Waals surface area contributed by atoms with Crippen molar-refractivity contribution in [2.24, 2.45) is 0 Å². The largest absolute Gasteiger partial charge is 0.336 e. The van der Waals surface area contributed by atoms with Crippen LogP contribution in [0.2, 0.25) is 0 Å². The highest BCUT2D eigenvalue weighted by Gasteiger charge is 2.30. The lowest BCUT2D eigenvalue weighted by Gasteiger charge is -2.42. The van der Waals surface area contributed by atoms with Gasteiger partial charge in [-0.2, -0.15) is 0 Å². The van der Waals surface area contributed by atoms with E-state index in [2.05, 4.69) is 40.2 Å². The molecule has 0 radical (unpaired) electrons. The Morgan fingerprint density at radius 2 is 1.62 bits per heavy atom. The molecule has 0 spiro atoms. The maximum atomic E-state index is 12.5. The SMILES string of the molecule is O=C(c1cccnc1)N1CCN(C2CCC(c3ccccc3)CC2)CC1. The van der Waals surface area contributed by atoms with Crippen LogP contribution < -0.4 is 0 Å². The average Bonchev–Trinajstić information content (AvgIpc) is 2.75. The van der Waals surface area contributed by atoms with Crippen LogP contribution in [0.5, 0.6) is 0 Å². The molecule has 136 valence electrons. The third-order valence-corrected chi connectivity index (χ3v) is 5.99. The highest BCUT2D eigenvalue weighted by atomic mass is 16.2. The molecular weight excluding hydrogens is 322 g/mol. The normalized spacial score (nSPS) is 24.4. The van der Waals surface area contributed by atoms with Gasteiger partial charge in [-0.05, 0) is 49.3 Å². The number of piperazine rings is 1. The predicted molar refractivity (Wildman–Crippen MR) is 103 cm³/mol. The molecular formula is C22H27N3O. The molecule has 1 saturated carbocycles. The van der Waals surface area contributed by atoms with Crippen molar-refractivity contribution < 1.29 is 4.79 Å². The second kappa shape index (κ2) is 8.00. The summed E-state index contributed by atoms with van der Waals surface area (Å²) in [6.45, 7) is 3.64. The Labute approximate surface area is 155 Å². The first-order chi connectivity index (χ1) is 12.8. The Morgan fingerprint density at radius 1 is 0.885 bits per heavy atom. The van der Waals surface area contributed by atoms with Crippen LogP contribution in [0.4, 0.5) is 0 Å². The number of pyridine rings is 1. The second-order valence-electron chi connectivity index (χ2n) is 7.49. The number of benzene rings is 1. The summed E-state index contributed by atoms with van der Waals surface area (Å²) in [5.41, 5.74) is 2.20. The summed E-state index contributed by atoms with van der Waals surface area (Å²) in [6, 6.07) is 15.3. The Balaban J connectivity index is 1.27. The van der Waals surface area contributed by atoms with E-state index in [9.17, 15) is 4.79 Å². The maximum absolute atomic E-state index is 12.5. The Morgan fingerprint density at radius 3 is 2.27 bits per heavy atom. The molecule has 1 saturated heterocycles. The lowest BCUT2D eigenvalue weighted by atomic mass is 9.81. The van der Waals surface area contributed by atoms with Crippen molar-refractivity contribution in [1.82, 2.24) is 14.8 Å². The molecule has 0 atom stereocenters. The van der Waals surface area contributed by atoms with E-state index in [1.165, 1.54) is 31.2 Å². The van der Waals surface area contributed by atoms with E-state index < -0.39 is 0 Å². The minimum atomic E-state index is 0.116. The van der Waals surface area contributed by atoms with Crippen molar-refractivity contribution in [3.8, 4) is 0 Å². The van der Waals surface area contributed by atoms with Crippen LogP contribution in [-0.4, -0.2) is 52.9 Å². The Hall–Kier alpha value is -2.20. The molecule has 2 aliphatic rings. The summed E-state index contributed by atoms with van der Waals surface area (Å²) in [6.07, 6.45) is 8.49. The molecule has 4 heteroatoms. The van der Waals surface area contributed by atoms with E-state index in [0.717, 1.165) is 32.1 Å². The summed E-state index contributed by atoms with van der Waals surface area (Å²) in [5, 5.41) is 0. The molecule has 1 aliphatic carbocycles.